The number of aromatic nitrogens is 1. The van der Waals surface area contributed by atoms with Gasteiger partial charge in [0.05, 0.1) is 24.1 Å². The molecule has 1 heterocycles. The minimum atomic E-state index is -4.36. The Bertz CT molecular complexity index is 744. The smallest absolute Gasteiger partial charge is 0.392 e. The lowest BCUT2D eigenvalue weighted by molar-refractivity contribution is -0.137. The minimum absolute atomic E-state index is 0.0819. The molecular formula is C17H15F3N2O2. The predicted octanol–water partition coefficient (Wildman–Crippen LogP) is 3.33. The van der Waals surface area contributed by atoms with Crippen LogP contribution in [0.5, 0.6) is 0 Å². The van der Waals surface area contributed by atoms with E-state index in [1.807, 2.05) is 0 Å². The number of alkyl halides is 3. The summed E-state index contributed by atoms with van der Waals surface area (Å²) in [4.78, 5) is 16.2. The number of aliphatic hydroxyl groups is 1. The maximum Gasteiger partial charge on any atom is 0.416 e. The Balaban J connectivity index is 1.65. The molecule has 2 atom stereocenters. The standard InChI is InChI=1S/C17H15F3N2O2/c18-17(19,20)12-3-1-10(2-4-12)13-7-14(13)16(24)22-15-8-21-6-5-11(15)9-23/h1-6,8,13-14,23H,7,9H2,(H,22,24). The molecule has 1 fully saturated rings. The molecule has 0 radical (unpaired) electrons. The number of halogens is 3. The van der Waals surface area contributed by atoms with Crippen LogP contribution >= 0.6 is 0 Å². The van der Waals surface area contributed by atoms with Crippen LogP contribution < -0.4 is 5.32 Å². The molecule has 126 valence electrons. The van der Waals surface area contributed by atoms with Crippen molar-refractivity contribution in [3.8, 4) is 0 Å². The van der Waals surface area contributed by atoms with E-state index in [-0.39, 0.29) is 24.3 Å². The zero-order valence-corrected chi connectivity index (χ0v) is 12.5. The number of carbonyl (C=O) groups excluding carboxylic acids is 1. The number of amides is 1. The van der Waals surface area contributed by atoms with Crippen LogP contribution in [-0.4, -0.2) is 16.0 Å². The fourth-order valence-electron chi connectivity index (χ4n) is 2.67. The molecule has 1 aromatic heterocycles. The number of benzene rings is 1. The Kier molecular flexibility index (Phi) is 4.28. The topological polar surface area (TPSA) is 62.2 Å². The van der Waals surface area contributed by atoms with E-state index in [2.05, 4.69) is 10.3 Å². The quantitative estimate of drug-likeness (QED) is 0.900. The molecule has 4 nitrogen and oxygen atoms in total. The first kappa shape index (κ1) is 16.4. The normalized spacial score (nSPS) is 19.8. The predicted molar refractivity (Wildman–Crippen MR) is 81.1 cm³/mol. The number of rotatable bonds is 4. The van der Waals surface area contributed by atoms with Crippen molar-refractivity contribution >= 4 is 11.6 Å². The van der Waals surface area contributed by atoms with Crippen LogP contribution in [0.2, 0.25) is 0 Å². The van der Waals surface area contributed by atoms with Gasteiger partial charge in [0, 0.05) is 17.7 Å². The van der Waals surface area contributed by atoms with Crippen molar-refractivity contribution in [2.24, 2.45) is 5.92 Å². The van der Waals surface area contributed by atoms with E-state index in [0.717, 1.165) is 17.7 Å². The summed E-state index contributed by atoms with van der Waals surface area (Å²) in [5.74, 6) is -0.586. The van der Waals surface area contributed by atoms with Crippen LogP contribution in [0.1, 0.15) is 29.0 Å². The molecule has 2 aromatic rings. The third-order valence-electron chi connectivity index (χ3n) is 4.13. The van der Waals surface area contributed by atoms with Gasteiger partial charge in [0.15, 0.2) is 0 Å². The Labute approximate surface area is 136 Å². The number of aliphatic hydroxyl groups excluding tert-OH is 1. The van der Waals surface area contributed by atoms with Gasteiger partial charge in [-0.1, -0.05) is 12.1 Å². The van der Waals surface area contributed by atoms with Crippen LogP contribution in [0.15, 0.2) is 42.7 Å². The summed E-state index contributed by atoms with van der Waals surface area (Å²) in [5, 5.41) is 12.0. The number of nitrogens with one attached hydrogen (secondary N) is 1. The fourth-order valence-corrected chi connectivity index (χ4v) is 2.67. The summed E-state index contributed by atoms with van der Waals surface area (Å²) in [6.45, 7) is -0.217. The highest BCUT2D eigenvalue weighted by Crippen LogP contribution is 2.48. The van der Waals surface area contributed by atoms with Crippen LogP contribution in [0.25, 0.3) is 0 Å². The van der Waals surface area contributed by atoms with E-state index in [1.54, 1.807) is 6.07 Å². The van der Waals surface area contributed by atoms with E-state index >= 15 is 0 Å². The highest BCUT2D eigenvalue weighted by atomic mass is 19.4. The number of hydrogen-bond donors (Lipinski definition) is 2. The summed E-state index contributed by atoms with van der Waals surface area (Å²) >= 11 is 0. The summed E-state index contributed by atoms with van der Waals surface area (Å²) in [6.07, 6.45) is -0.798. The van der Waals surface area contributed by atoms with Crippen molar-refractivity contribution in [1.82, 2.24) is 4.98 Å². The van der Waals surface area contributed by atoms with Gasteiger partial charge in [0.1, 0.15) is 0 Å². The first-order chi connectivity index (χ1) is 11.4. The molecule has 0 spiro atoms. The number of pyridine rings is 1. The van der Waals surface area contributed by atoms with Crippen LogP contribution in [0.4, 0.5) is 18.9 Å². The lowest BCUT2D eigenvalue weighted by Crippen LogP contribution is -2.16. The van der Waals surface area contributed by atoms with Gasteiger partial charge in [-0.15, -0.1) is 0 Å². The molecule has 1 saturated carbocycles. The molecule has 1 amide bonds. The van der Waals surface area contributed by atoms with E-state index in [0.29, 0.717) is 17.7 Å². The van der Waals surface area contributed by atoms with E-state index < -0.39 is 11.7 Å². The van der Waals surface area contributed by atoms with Crippen LogP contribution in [0, 0.1) is 5.92 Å². The lowest BCUT2D eigenvalue weighted by Gasteiger charge is -2.09. The second-order valence-corrected chi connectivity index (χ2v) is 5.75. The maximum absolute atomic E-state index is 12.6. The van der Waals surface area contributed by atoms with Crippen molar-refractivity contribution in [3.05, 3.63) is 59.4 Å². The van der Waals surface area contributed by atoms with E-state index in [9.17, 15) is 23.1 Å². The van der Waals surface area contributed by atoms with Crippen LogP contribution in [-0.2, 0) is 17.6 Å². The third kappa shape index (κ3) is 3.41. The Morgan fingerprint density at radius 3 is 2.58 bits per heavy atom. The number of anilines is 1. The first-order valence-electron chi connectivity index (χ1n) is 7.42. The molecule has 1 aromatic carbocycles. The van der Waals surface area contributed by atoms with E-state index in [4.69, 9.17) is 0 Å². The Morgan fingerprint density at radius 2 is 1.96 bits per heavy atom. The molecule has 7 heteroatoms. The zero-order valence-electron chi connectivity index (χ0n) is 12.5. The van der Waals surface area contributed by atoms with Gasteiger partial charge in [-0.25, -0.2) is 0 Å². The van der Waals surface area contributed by atoms with Crippen molar-refractivity contribution in [2.45, 2.75) is 25.1 Å². The number of carbonyl (C=O) groups is 1. The van der Waals surface area contributed by atoms with Crippen LogP contribution in [0.3, 0.4) is 0 Å². The zero-order chi connectivity index (χ0) is 17.3. The average Bonchev–Trinajstić information content (AvgIpc) is 3.35. The number of nitrogens with zero attached hydrogens (tertiary/aromatic N) is 1. The van der Waals surface area contributed by atoms with E-state index in [1.165, 1.54) is 24.5 Å². The van der Waals surface area contributed by atoms with Crippen molar-refractivity contribution in [1.29, 1.82) is 0 Å². The molecule has 2 unspecified atom stereocenters. The lowest BCUT2D eigenvalue weighted by atomic mass is 10.1. The van der Waals surface area contributed by atoms with Gasteiger partial charge in [-0.05, 0) is 36.1 Å². The first-order valence-corrected chi connectivity index (χ1v) is 7.42. The maximum atomic E-state index is 12.6. The largest absolute Gasteiger partial charge is 0.416 e. The molecule has 3 rings (SSSR count). The monoisotopic (exact) mass is 336 g/mol. The van der Waals surface area contributed by atoms with Gasteiger partial charge >= 0.3 is 6.18 Å². The van der Waals surface area contributed by atoms with Gasteiger partial charge < -0.3 is 10.4 Å². The van der Waals surface area contributed by atoms with Gasteiger partial charge in [-0.3, -0.25) is 9.78 Å². The van der Waals surface area contributed by atoms with Gasteiger partial charge in [0.2, 0.25) is 5.91 Å². The average molecular weight is 336 g/mol. The molecule has 0 bridgehead atoms. The minimum Gasteiger partial charge on any atom is -0.392 e. The molecule has 1 aliphatic rings. The van der Waals surface area contributed by atoms with Crippen molar-refractivity contribution in [2.75, 3.05) is 5.32 Å². The third-order valence-corrected chi connectivity index (χ3v) is 4.13. The summed E-state index contributed by atoms with van der Waals surface area (Å²) in [5.41, 5.74) is 1.03. The highest BCUT2D eigenvalue weighted by molar-refractivity contribution is 5.95. The molecule has 0 aliphatic heterocycles. The second kappa shape index (κ2) is 6.24. The second-order valence-electron chi connectivity index (χ2n) is 5.75. The fraction of sp³-hybridized carbons (Fsp3) is 0.294. The summed E-state index contributed by atoms with van der Waals surface area (Å²) in [6, 6.07) is 6.52. The molecular weight excluding hydrogens is 321 g/mol. The highest BCUT2D eigenvalue weighted by Gasteiger charge is 2.44. The van der Waals surface area contributed by atoms with Crippen molar-refractivity contribution in [3.63, 3.8) is 0 Å². The number of hydrogen-bond acceptors (Lipinski definition) is 3. The Hall–Kier alpha value is -2.41. The molecule has 2 N–H and O–H groups in total. The van der Waals surface area contributed by atoms with Crippen molar-refractivity contribution < 1.29 is 23.1 Å². The molecule has 24 heavy (non-hydrogen) atoms. The van der Waals surface area contributed by atoms with Gasteiger partial charge in [0.25, 0.3) is 0 Å². The SMILES string of the molecule is O=C(Nc1cnccc1CO)C1CC1c1ccc(C(F)(F)F)cc1. The molecule has 0 saturated heterocycles. The summed E-state index contributed by atoms with van der Waals surface area (Å²) < 4.78 is 37.7. The van der Waals surface area contributed by atoms with Gasteiger partial charge in [-0.2, -0.15) is 13.2 Å². The summed E-state index contributed by atoms with van der Waals surface area (Å²) in [7, 11) is 0. The molecule has 1 aliphatic carbocycles. The Morgan fingerprint density at radius 1 is 1.25 bits per heavy atom.